The second kappa shape index (κ2) is 8.56. The van der Waals surface area contributed by atoms with Gasteiger partial charge in [-0.2, -0.15) is 0 Å². The Bertz CT molecular complexity index is 589. The number of hydrogen-bond donors (Lipinski definition) is 2. The Labute approximate surface area is 133 Å². The minimum atomic E-state index is -0.385. The zero-order valence-electron chi connectivity index (χ0n) is 12.0. The van der Waals surface area contributed by atoms with Crippen molar-refractivity contribution >= 4 is 17.7 Å². The lowest BCUT2D eigenvalue weighted by Crippen LogP contribution is -2.30. The number of carbonyl (C=O) groups is 1. The maximum atomic E-state index is 12.8. The van der Waals surface area contributed by atoms with Crippen molar-refractivity contribution in [2.45, 2.75) is 17.4 Å². The molecule has 5 heteroatoms. The number of amides is 1. The molecule has 0 saturated carbocycles. The molecule has 0 aliphatic rings. The van der Waals surface area contributed by atoms with Crippen molar-refractivity contribution in [2.75, 3.05) is 12.4 Å². The zero-order chi connectivity index (χ0) is 15.8. The molecule has 0 radical (unpaired) electrons. The number of rotatable bonds is 7. The van der Waals surface area contributed by atoms with Gasteiger partial charge < -0.3 is 10.4 Å². The molecule has 0 aliphatic heterocycles. The number of nitrogens with one attached hydrogen (secondary N) is 1. The summed E-state index contributed by atoms with van der Waals surface area (Å²) in [7, 11) is 0. The van der Waals surface area contributed by atoms with Crippen LogP contribution >= 0.6 is 11.8 Å². The van der Waals surface area contributed by atoms with Crippen LogP contribution in [-0.2, 0) is 4.79 Å². The molecule has 2 aromatic rings. The summed E-state index contributed by atoms with van der Waals surface area (Å²) in [6.07, 6.45) is 0.339. The quantitative estimate of drug-likeness (QED) is 0.771. The minimum absolute atomic E-state index is 0.113. The van der Waals surface area contributed by atoms with E-state index in [0.29, 0.717) is 12.2 Å². The van der Waals surface area contributed by atoms with Crippen LogP contribution in [0.3, 0.4) is 0 Å². The highest BCUT2D eigenvalue weighted by molar-refractivity contribution is 7.99. The van der Waals surface area contributed by atoms with E-state index < -0.39 is 0 Å². The van der Waals surface area contributed by atoms with Crippen molar-refractivity contribution in [1.29, 1.82) is 0 Å². The van der Waals surface area contributed by atoms with Crippen LogP contribution in [0.1, 0.15) is 18.0 Å². The van der Waals surface area contributed by atoms with Crippen LogP contribution in [-0.4, -0.2) is 23.4 Å². The molecule has 0 aliphatic carbocycles. The number of carbonyl (C=O) groups excluding carboxylic acids is 1. The van der Waals surface area contributed by atoms with Gasteiger partial charge in [0.1, 0.15) is 5.82 Å². The molecule has 0 bridgehead atoms. The average Bonchev–Trinajstić information content (AvgIpc) is 2.55. The van der Waals surface area contributed by atoms with E-state index in [1.807, 2.05) is 30.3 Å². The fourth-order valence-corrected chi connectivity index (χ4v) is 2.83. The van der Waals surface area contributed by atoms with Crippen LogP contribution < -0.4 is 5.32 Å². The Morgan fingerprint density at radius 1 is 1.14 bits per heavy atom. The summed E-state index contributed by atoms with van der Waals surface area (Å²) in [6.45, 7) is -0.138. The Morgan fingerprint density at radius 3 is 2.45 bits per heavy atom. The molecule has 116 valence electrons. The molecule has 1 unspecified atom stereocenters. The van der Waals surface area contributed by atoms with E-state index in [4.69, 9.17) is 0 Å². The predicted octanol–water partition coefficient (Wildman–Crippen LogP) is 3.16. The van der Waals surface area contributed by atoms with Crippen molar-refractivity contribution in [3.8, 4) is 0 Å². The molecule has 2 N–H and O–H groups in total. The lowest BCUT2D eigenvalue weighted by atomic mass is 10.1. The number of thioether (sulfide) groups is 1. The van der Waals surface area contributed by atoms with Crippen LogP contribution in [0.5, 0.6) is 0 Å². The third kappa shape index (κ3) is 5.16. The first-order valence-electron chi connectivity index (χ1n) is 7.02. The lowest BCUT2D eigenvalue weighted by Gasteiger charge is -2.16. The normalized spacial score (nSPS) is 11.9. The van der Waals surface area contributed by atoms with Gasteiger partial charge in [0.15, 0.2) is 0 Å². The van der Waals surface area contributed by atoms with Crippen molar-refractivity contribution in [3.05, 3.63) is 66.0 Å². The van der Waals surface area contributed by atoms with Gasteiger partial charge in [-0.15, -0.1) is 11.8 Å². The van der Waals surface area contributed by atoms with E-state index in [2.05, 4.69) is 5.32 Å². The Kier molecular flexibility index (Phi) is 6.43. The summed E-state index contributed by atoms with van der Waals surface area (Å²) in [5.74, 6) is 0.220. The summed E-state index contributed by atoms with van der Waals surface area (Å²) in [5.41, 5.74) is 0.879. The highest BCUT2D eigenvalue weighted by Gasteiger charge is 2.13. The van der Waals surface area contributed by atoms with Gasteiger partial charge in [0.25, 0.3) is 0 Å². The fraction of sp³-hybridized carbons (Fsp3) is 0.235. The van der Waals surface area contributed by atoms with Gasteiger partial charge in [-0.05, 0) is 29.8 Å². The smallest absolute Gasteiger partial charge is 0.221 e. The summed E-state index contributed by atoms with van der Waals surface area (Å²) < 4.78 is 12.8. The number of halogens is 1. The maximum Gasteiger partial charge on any atom is 0.221 e. The topological polar surface area (TPSA) is 49.3 Å². The molecular formula is C17H18FNO2S. The monoisotopic (exact) mass is 319 g/mol. The predicted molar refractivity (Wildman–Crippen MR) is 86.2 cm³/mol. The highest BCUT2D eigenvalue weighted by Crippen LogP contribution is 2.19. The lowest BCUT2D eigenvalue weighted by molar-refractivity contribution is -0.121. The first-order valence-corrected chi connectivity index (χ1v) is 8.01. The largest absolute Gasteiger partial charge is 0.394 e. The molecule has 0 fully saturated rings. The SMILES string of the molecule is O=C(CCSc1ccc(F)cc1)NC(CO)c1ccccc1. The molecular weight excluding hydrogens is 301 g/mol. The molecule has 0 spiro atoms. The number of hydrogen-bond acceptors (Lipinski definition) is 3. The van der Waals surface area contributed by atoms with Gasteiger partial charge in [-0.25, -0.2) is 4.39 Å². The summed E-state index contributed by atoms with van der Waals surface area (Å²) in [6, 6.07) is 15.2. The Hall–Kier alpha value is -1.85. The van der Waals surface area contributed by atoms with E-state index in [0.717, 1.165) is 10.5 Å². The molecule has 0 saturated heterocycles. The number of aliphatic hydroxyl groups is 1. The van der Waals surface area contributed by atoms with Gasteiger partial charge in [0, 0.05) is 17.1 Å². The zero-order valence-corrected chi connectivity index (χ0v) is 12.9. The highest BCUT2D eigenvalue weighted by atomic mass is 32.2. The first kappa shape index (κ1) is 16.5. The molecule has 2 rings (SSSR count). The molecule has 0 heterocycles. The second-order valence-corrected chi connectivity index (χ2v) is 5.93. The molecule has 2 aromatic carbocycles. The van der Waals surface area contributed by atoms with Gasteiger partial charge in [-0.3, -0.25) is 4.79 Å². The Balaban J connectivity index is 1.78. The summed E-state index contributed by atoms with van der Waals surface area (Å²) in [4.78, 5) is 12.9. The van der Waals surface area contributed by atoms with Crippen LogP contribution in [0.25, 0.3) is 0 Å². The molecule has 0 aromatic heterocycles. The molecule has 1 atom stereocenters. The summed E-state index contributed by atoms with van der Waals surface area (Å²) >= 11 is 1.50. The standard InChI is InChI=1S/C17H18FNO2S/c18-14-6-8-15(9-7-14)22-11-10-17(21)19-16(12-20)13-4-2-1-3-5-13/h1-9,16,20H,10-12H2,(H,19,21). The van der Waals surface area contributed by atoms with E-state index in [1.54, 1.807) is 12.1 Å². The van der Waals surface area contributed by atoms with Gasteiger partial charge in [-0.1, -0.05) is 30.3 Å². The van der Waals surface area contributed by atoms with Crippen molar-refractivity contribution < 1.29 is 14.3 Å². The van der Waals surface area contributed by atoms with Crippen LogP contribution in [0.2, 0.25) is 0 Å². The van der Waals surface area contributed by atoms with E-state index in [9.17, 15) is 14.3 Å². The van der Waals surface area contributed by atoms with Crippen LogP contribution in [0.4, 0.5) is 4.39 Å². The van der Waals surface area contributed by atoms with E-state index >= 15 is 0 Å². The first-order chi connectivity index (χ1) is 10.7. The van der Waals surface area contributed by atoms with Crippen molar-refractivity contribution in [2.24, 2.45) is 0 Å². The second-order valence-electron chi connectivity index (χ2n) is 4.77. The van der Waals surface area contributed by atoms with Crippen LogP contribution in [0, 0.1) is 5.82 Å². The maximum absolute atomic E-state index is 12.8. The average molecular weight is 319 g/mol. The van der Waals surface area contributed by atoms with Crippen molar-refractivity contribution in [3.63, 3.8) is 0 Å². The number of aliphatic hydroxyl groups excluding tert-OH is 1. The third-order valence-electron chi connectivity index (χ3n) is 3.13. The van der Waals surface area contributed by atoms with Gasteiger partial charge in [0.2, 0.25) is 5.91 Å². The van der Waals surface area contributed by atoms with E-state index in [-0.39, 0.29) is 24.4 Å². The fourth-order valence-electron chi connectivity index (χ4n) is 1.98. The van der Waals surface area contributed by atoms with Crippen LogP contribution in [0.15, 0.2) is 59.5 Å². The number of benzene rings is 2. The van der Waals surface area contributed by atoms with E-state index in [1.165, 1.54) is 23.9 Å². The summed E-state index contributed by atoms with van der Waals surface area (Å²) in [5, 5.41) is 12.2. The molecule has 22 heavy (non-hydrogen) atoms. The minimum Gasteiger partial charge on any atom is -0.394 e. The third-order valence-corrected chi connectivity index (χ3v) is 4.14. The van der Waals surface area contributed by atoms with Gasteiger partial charge >= 0.3 is 0 Å². The Morgan fingerprint density at radius 2 is 1.82 bits per heavy atom. The van der Waals surface area contributed by atoms with Gasteiger partial charge in [0.05, 0.1) is 12.6 Å². The molecule has 3 nitrogen and oxygen atoms in total. The molecule has 1 amide bonds. The van der Waals surface area contributed by atoms with Crippen molar-refractivity contribution in [1.82, 2.24) is 5.32 Å².